The van der Waals surface area contributed by atoms with Gasteiger partial charge in [0.1, 0.15) is 11.6 Å². The molecule has 0 unspecified atom stereocenters. The lowest BCUT2D eigenvalue weighted by molar-refractivity contribution is 0.254. The molecule has 2 N–H and O–H groups in total. The van der Waals surface area contributed by atoms with E-state index in [1.54, 1.807) is 4.90 Å². The first-order valence-electron chi connectivity index (χ1n) is 5.20. The van der Waals surface area contributed by atoms with Crippen LogP contribution in [0.15, 0.2) is 18.2 Å². The van der Waals surface area contributed by atoms with Gasteiger partial charge in [-0.1, -0.05) is 0 Å². The van der Waals surface area contributed by atoms with Crippen molar-refractivity contribution in [1.82, 2.24) is 4.90 Å². The van der Waals surface area contributed by atoms with Crippen molar-refractivity contribution in [3.05, 3.63) is 29.8 Å². The lowest BCUT2D eigenvalue weighted by Gasteiger charge is -2.23. The highest BCUT2D eigenvalue weighted by atomic mass is 32.1. The first kappa shape index (κ1) is 13.8. The van der Waals surface area contributed by atoms with Gasteiger partial charge < -0.3 is 15.3 Å². The number of aliphatic hydroxyl groups is 1. The van der Waals surface area contributed by atoms with Crippen molar-refractivity contribution in [2.24, 2.45) is 0 Å². The van der Waals surface area contributed by atoms with E-state index in [4.69, 9.17) is 17.3 Å². The Labute approximate surface area is 104 Å². The van der Waals surface area contributed by atoms with Gasteiger partial charge in [-0.2, -0.15) is 0 Å². The molecule has 0 spiro atoms. The smallest absolute Gasteiger partial charge is 0.173 e. The van der Waals surface area contributed by atoms with E-state index in [0.29, 0.717) is 18.2 Å². The van der Waals surface area contributed by atoms with Gasteiger partial charge in [0.05, 0.1) is 12.3 Å². The molecule has 0 atom stereocenters. The summed E-state index contributed by atoms with van der Waals surface area (Å²) in [5.41, 5.74) is 0.118. The molecule has 3 nitrogen and oxygen atoms in total. The number of halogens is 2. The summed E-state index contributed by atoms with van der Waals surface area (Å²) in [6, 6.07) is 3.22. The molecule has 6 heteroatoms. The van der Waals surface area contributed by atoms with Crippen LogP contribution in [0.5, 0.6) is 0 Å². The van der Waals surface area contributed by atoms with Gasteiger partial charge >= 0.3 is 0 Å². The lowest BCUT2D eigenvalue weighted by Crippen LogP contribution is -2.36. The fraction of sp³-hybridized carbons (Fsp3) is 0.364. The fourth-order valence-electron chi connectivity index (χ4n) is 1.31. The zero-order valence-electron chi connectivity index (χ0n) is 9.41. The minimum atomic E-state index is -0.701. The molecule has 1 aromatic rings. The third-order valence-corrected chi connectivity index (χ3v) is 2.57. The number of nitrogens with one attached hydrogen (secondary N) is 1. The highest BCUT2D eigenvalue weighted by Crippen LogP contribution is 2.15. The molecule has 17 heavy (non-hydrogen) atoms. The number of nitrogens with zero attached hydrogens (tertiary/aromatic N) is 1. The van der Waals surface area contributed by atoms with Crippen molar-refractivity contribution < 1.29 is 13.9 Å². The third-order valence-electron chi connectivity index (χ3n) is 2.21. The number of likely N-dealkylation sites (N-methyl/N-ethyl adjacent to an activating group) is 1. The van der Waals surface area contributed by atoms with Crippen LogP contribution in [-0.4, -0.2) is 34.8 Å². The summed E-state index contributed by atoms with van der Waals surface area (Å²) in [6.45, 7) is 2.78. The predicted octanol–water partition coefficient (Wildman–Crippen LogP) is 1.98. The Hall–Kier alpha value is -1.27. The molecule has 0 aromatic heterocycles. The Morgan fingerprint density at radius 3 is 2.71 bits per heavy atom. The molecule has 0 saturated heterocycles. The molecule has 0 bridgehead atoms. The van der Waals surface area contributed by atoms with Gasteiger partial charge in [0.25, 0.3) is 0 Å². The van der Waals surface area contributed by atoms with Gasteiger partial charge in [-0.05, 0) is 31.3 Å². The van der Waals surface area contributed by atoms with Crippen molar-refractivity contribution in [3.63, 3.8) is 0 Å². The van der Waals surface area contributed by atoms with E-state index in [2.05, 4.69) is 5.32 Å². The van der Waals surface area contributed by atoms with E-state index in [9.17, 15) is 8.78 Å². The second-order valence-electron chi connectivity index (χ2n) is 3.36. The van der Waals surface area contributed by atoms with Gasteiger partial charge in [-0.15, -0.1) is 0 Å². The van der Waals surface area contributed by atoms with Gasteiger partial charge in [0, 0.05) is 19.2 Å². The molecule has 1 aromatic carbocycles. The van der Waals surface area contributed by atoms with Crippen LogP contribution >= 0.6 is 12.2 Å². The molecule has 0 radical (unpaired) electrons. The van der Waals surface area contributed by atoms with E-state index < -0.39 is 11.6 Å². The Kier molecular flexibility index (Phi) is 5.24. The van der Waals surface area contributed by atoms with Gasteiger partial charge in [0.15, 0.2) is 5.11 Å². The molecule has 0 heterocycles. The molecule has 0 aliphatic heterocycles. The summed E-state index contributed by atoms with van der Waals surface area (Å²) in [5.74, 6) is -1.34. The largest absolute Gasteiger partial charge is 0.395 e. The van der Waals surface area contributed by atoms with Crippen molar-refractivity contribution in [3.8, 4) is 0 Å². The van der Waals surface area contributed by atoms with Gasteiger partial charge in [-0.25, -0.2) is 8.78 Å². The van der Waals surface area contributed by atoms with Crippen LogP contribution in [-0.2, 0) is 0 Å². The highest BCUT2D eigenvalue weighted by Gasteiger charge is 2.10. The SMILES string of the molecule is CCN(CCO)C(=S)Nc1ccc(F)cc1F. The van der Waals surface area contributed by atoms with E-state index in [-0.39, 0.29) is 12.3 Å². The quantitative estimate of drug-likeness (QED) is 0.811. The zero-order valence-corrected chi connectivity index (χ0v) is 10.2. The maximum absolute atomic E-state index is 13.3. The van der Waals surface area contributed by atoms with E-state index in [0.717, 1.165) is 12.1 Å². The topological polar surface area (TPSA) is 35.5 Å². The first-order chi connectivity index (χ1) is 8.08. The molecule has 0 aliphatic carbocycles. The molecule has 94 valence electrons. The summed E-state index contributed by atoms with van der Waals surface area (Å²) in [7, 11) is 0. The molecule has 1 rings (SSSR count). The van der Waals surface area contributed by atoms with Gasteiger partial charge in [-0.3, -0.25) is 0 Å². The molecular weight excluding hydrogens is 246 g/mol. The number of hydrogen-bond acceptors (Lipinski definition) is 2. The van der Waals surface area contributed by atoms with Crippen LogP contribution in [0, 0.1) is 11.6 Å². The van der Waals surface area contributed by atoms with Crippen molar-refractivity contribution in [1.29, 1.82) is 0 Å². The second kappa shape index (κ2) is 6.46. The average Bonchev–Trinajstić information content (AvgIpc) is 2.29. The third kappa shape index (κ3) is 3.90. The first-order valence-corrected chi connectivity index (χ1v) is 5.61. The van der Waals surface area contributed by atoms with Crippen LogP contribution in [0.2, 0.25) is 0 Å². The molecule has 0 aliphatic rings. The second-order valence-corrected chi connectivity index (χ2v) is 3.74. The van der Waals surface area contributed by atoms with Crippen LogP contribution in [0.3, 0.4) is 0 Å². The van der Waals surface area contributed by atoms with Crippen LogP contribution in [0.4, 0.5) is 14.5 Å². The summed E-state index contributed by atoms with van der Waals surface area (Å²) < 4.78 is 26.0. The minimum absolute atomic E-state index is 0.0401. The van der Waals surface area contributed by atoms with Crippen LogP contribution in [0.25, 0.3) is 0 Å². The fourth-order valence-corrected chi connectivity index (χ4v) is 1.64. The molecule has 0 fully saturated rings. The monoisotopic (exact) mass is 260 g/mol. The van der Waals surface area contributed by atoms with Crippen molar-refractivity contribution >= 4 is 23.0 Å². The van der Waals surface area contributed by atoms with Crippen molar-refractivity contribution in [2.75, 3.05) is 25.0 Å². The number of hydrogen-bond donors (Lipinski definition) is 2. The lowest BCUT2D eigenvalue weighted by atomic mass is 10.3. The normalized spacial score (nSPS) is 10.1. The van der Waals surface area contributed by atoms with E-state index >= 15 is 0 Å². The highest BCUT2D eigenvalue weighted by molar-refractivity contribution is 7.80. The summed E-state index contributed by atoms with van der Waals surface area (Å²) >= 11 is 5.06. The Balaban J connectivity index is 2.73. The number of anilines is 1. The predicted molar refractivity (Wildman–Crippen MR) is 66.9 cm³/mol. The Morgan fingerprint density at radius 1 is 1.47 bits per heavy atom. The van der Waals surface area contributed by atoms with Crippen molar-refractivity contribution in [2.45, 2.75) is 6.92 Å². The molecule has 0 amide bonds. The number of benzene rings is 1. The summed E-state index contributed by atoms with van der Waals surface area (Å²) in [4.78, 5) is 1.68. The number of rotatable bonds is 4. The van der Waals surface area contributed by atoms with E-state index in [1.807, 2.05) is 6.92 Å². The minimum Gasteiger partial charge on any atom is -0.395 e. The van der Waals surface area contributed by atoms with Gasteiger partial charge in [0.2, 0.25) is 0 Å². The summed E-state index contributed by atoms with van der Waals surface area (Å²) in [5, 5.41) is 11.8. The summed E-state index contributed by atoms with van der Waals surface area (Å²) in [6.07, 6.45) is 0. The van der Waals surface area contributed by atoms with Crippen LogP contribution < -0.4 is 5.32 Å². The van der Waals surface area contributed by atoms with Crippen LogP contribution in [0.1, 0.15) is 6.92 Å². The number of thiocarbonyl (C=S) groups is 1. The van der Waals surface area contributed by atoms with E-state index in [1.165, 1.54) is 6.07 Å². The maximum Gasteiger partial charge on any atom is 0.173 e. The molecule has 0 saturated carbocycles. The Morgan fingerprint density at radius 2 is 2.18 bits per heavy atom. The molecular formula is C11H14F2N2OS. The zero-order chi connectivity index (χ0) is 12.8. The standard InChI is InChI=1S/C11H14F2N2OS/c1-2-15(5-6-16)11(17)14-10-4-3-8(12)7-9(10)13/h3-4,7,16H,2,5-6H2,1H3,(H,14,17). The number of aliphatic hydroxyl groups excluding tert-OH is 1. The maximum atomic E-state index is 13.3. The average molecular weight is 260 g/mol. The Bertz CT molecular complexity index is 401.